The van der Waals surface area contributed by atoms with Crippen molar-refractivity contribution in [2.45, 2.75) is 0 Å². The molecule has 12 aromatic carbocycles. The number of para-hydroxylation sites is 7. The van der Waals surface area contributed by atoms with E-state index in [2.05, 4.69) is 0 Å². The van der Waals surface area contributed by atoms with Crippen LogP contribution >= 0.6 is 0 Å². The van der Waals surface area contributed by atoms with Gasteiger partial charge in [0.1, 0.15) is 11.2 Å². The Balaban J connectivity index is 1.11. The summed E-state index contributed by atoms with van der Waals surface area (Å²) in [7, 11) is -5.34. The van der Waals surface area contributed by atoms with Gasteiger partial charge in [0.25, 0.3) is 0 Å². The third kappa shape index (κ3) is 7.13. The van der Waals surface area contributed by atoms with E-state index in [0.717, 1.165) is 4.57 Å². The predicted octanol–water partition coefficient (Wildman–Crippen LogP) is 15.8. The molecule has 83 heavy (non-hydrogen) atoms. The van der Waals surface area contributed by atoms with Gasteiger partial charge in [0.15, 0.2) is 19.7 Å². The van der Waals surface area contributed by atoms with Gasteiger partial charge in [-0.25, -0.2) is 4.98 Å². The highest BCUT2D eigenvalue weighted by Crippen LogP contribution is 2.40. The van der Waals surface area contributed by atoms with Crippen molar-refractivity contribution in [2.75, 3.05) is 0 Å². The summed E-state index contributed by atoms with van der Waals surface area (Å²) in [5, 5.41) is -4.07. The van der Waals surface area contributed by atoms with Crippen LogP contribution in [0.3, 0.4) is 0 Å². The van der Waals surface area contributed by atoms with E-state index >= 15 is 0 Å². The first-order chi connectivity index (χ1) is 56.1. The first-order valence-electron chi connectivity index (χ1n) is 43.2. The lowest BCUT2D eigenvalue weighted by Gasteiger charge is -2.34. The van der Waals surface area contributed by atoms with Crippen LogP contribution in [0.25, 0.3) is 127 Å². The van der Waals surface area contributed by atoms with Crippen molar-refractivity contribution in [3.63, 3.8) is 0 Å². The molecule has 5 heterocycles. The first kappa shape index (κ1) is 23.6. The van der Waals surface area contributed by atoms with E-state index in [0.29, 0.717) is 25.5 Å². The average Bonchev–Trinajstić information content (AvgIpc) is 1.69. The molecule has 8 heteroatoms. The summed E-state index contributed by atoms with van der Waals surface area (Å²) >= 11 is 0. The molecule has 0 spiro atoms. The number of nitrogens with zero attached hydrogens (tertiary/aromatic N) is 6. The summed E-state index contributed by atoms with van der Waals surface area (Å²) in [6.45, 7) is 0. The van der Waals surface area contributed by atoms with Crippen LogP contribution in [0.4, 0.5) is 0 Å². The molecule has 0 amide bonds. The molecular weight excluding hydrogens is 1030 g/mol. The van der Waals surface area contributed by atoms with E-state index in [4.69, 9.17) is 31.7 Å². The van der Waals surface area contributed by atoms with Gasteiger partial charge in [-0.05, 0) is 93.3 Å². The lowest BCUT2D eigenvalue weighted by atomic mass is 10.1. The Bertz CT molecular complexity index is 7470. The van der Waals surface area contributed by atoms with Gasteiger partial charge in [-0.15, -0.1) is 0 Å². The predicted molar refractivity (Wildman–Crippen MR) is 345 cm³/mol. The zero-order valence-electron chi connectivity index (χ0n) is 78.0. The smallest absolute Gasteiger partial charge is 0.238 e. The summed E-state index contributed by atoms with van der Waals surface area (Å²) in [5.74, 6) is -3.40. The van der Waals surface area contributed by atoms with Crippen LogP contribution < -0.4 is 20.7 Å². The molecule has 0 N–H and O–H groups in total. The maximum Gasteiger partial charge on any atom is 0.238 e. The van der Waals surface area contributed by atoms with Crippen LogP contribution in [-0.2, 0) is 0 Å². The molecule has 388 valence electrons. The Kier molecular flexibility index (Phi) is 5.29. The molecule has 0 aliphatic rings. The summed E-state index contributed by atoms with van der Waals surface area (Å²) in [6.07, 6.45) is 0. The molecule has 0 radical (unpaired) electrons. The number of fused-ring (bicyclic) bond motifs is 12. The third-order valence-electron chi connectivity index (χ3n) is 14.5. The zero-order chi connectivity index (χ0) is 85.9. The van der Waals surface area contributed by atoms with Crippen molar-refractivity contribution in [1.82, 2.24) is 28.7 Å². The van der Waals surface area contributed by atoms with Crippen molar-refractivity contribution in [3.8, 4) is 40.1 Å². The standard InChI is InChI=1S/C75H48N6OSi/c1-3-23-51(24-4-1)83(52-25-5-2-6-26-52,54-43-45-72-63(48-54)60-33-13-20-41-71(60)82-72)53-27-21-22-49(46-53)73-76-74(61-34-12-19-40-69(61)80-66-37-16-9-30-57(66)58-31-10-17-38-67(58)80)78-75(77-73)81-68-39-18-11-32-59(68)62-47-50(42-44-70(62)81)79-64-35-14-7-28-55(64)56-29-8-15-36-65(56)79/h1-48H/i1D,3D,4D,7D,8D,9D,10D,11D,12D,14D,15D,16D,17D,18D,19D,21D,22D,23D,24D,27D,28D,29D,30D,31D,32D,34D,35D,36D,37D,38D,39D,40D,42D,44D,46D,47D. The third-order valence-corrected chi connectivity index (χ3v) is 18.9. The second-order valence-electron chi connectivity index (χ2n) is 18.8. The highest BCUT2D eigenvalue weighted by atomic mass is 28.3. The molecule has 0 aliphatic carbocycles. The summed E-state index contributed by atoms with van der Waals surface area (Å²) in [4.78, 5) is 14.5. The van der Waals surface area contributed by atoms with Gasteiger partial charge < -0.3 is 13.6 Å². The largest absolute Gasteiger partial charge is 0.456 e. The molecule has 1 unspecified atom stereocenters. The minimum atomic E-state index is -5.34. The fourth-order valence-corrected chi connectivity index (χ4v) is 15.2. The van der Waals surface area contributed by atoms with Gasteiger partial charge in [0.2, 0.25) is 5.95 Å². The van der Waals surface area contributed by atoms with E-state index in [-0.39, 0.29) is 16.0 Å². The number of hydrogen-bond donors (Lipinski definition) is 0. The fourth-order valence-electron chi connectivity index (χ4n) is 11.0. The van der Waals surface area contributed by atoms with Crippen molar-refractivity contribution in [3.05, 3.63) is 290 Å². The van der Waals surface area contributed by atoms with E-state index in [1.807, 2.05) is 0 Å². The lowest BCUT2D eigenvalue weighted by Crippen LogP contribution is -2.74. The van der Waals surface area contributed by atoms with E-state index in [1.165, 1.54) is 36.4 Å². The van der Waals surface area contributed by atoms with Crippen LogP contribution in [0.15, 0.2) is 295 Å². The normalized spacial score (nSPS) is 18.7. The maximum absolute atomic E-state index is 11.0. The summed E-state index contributed by atoms with van der Waals surface area (Å²) < 4.78 is 351. The van der Waals surface area contributed by atoms with E-state index in [9.17, 15) is 37.0 Å². The molecule has 0 aliphatic heterocycles. The minimum absolute atomic E-state index is 0.0521. The quantitative estimate of drug-likeness (QED) is 0.107. The molecule has 0 fully saturated rings. The van der Waals surface area contributed by atoms with Crippen LogP contribution in [0, 0.1) is 0 Å². The zero-order valence-corrected chi connectivity index (χ0v) is 43.0. The molecule has 1 atom stereocenters. The highest BCUT2D eigenvalue weighted by Gasteiger charge is 2.42. The van der Waals surface area contributed by atoms with Crippen molar-refractivity contribution < 1.29 is 53.8 Å². The topological polar surface area (TPSA) is 66.6 Å². The molecule has 0 bridgehead atoms. The maximum atomic E-state index is 11.0. The van der Waals surface area contributed by atoms with Gasteiger partial charge in [-0.2, -0.15) is 9.97 Å². The second-order valence-corrected chi connectivity index (χ2v) is 22.4. The first-order valence-corrected chi connectivity index (χ1v) is 27.2. The lowest BCUT2D eigenvalue weighted by molar-refractivity contribution is 0.669. The van der Waals surface area contributed by atoms with Gasteiger partial charge in [-0.3, -0.25) is 4.57 Å². The van der Waals surface area contributed by atoms with Crippen molar-refractivity contribution >= 4 is 116 Å². The molecule has 5 aromatic heterocycles. The Morgan fingerprint density at radius 3 is 1.58 bits per heavy atom. The fraction of sp³-hybridized carbons (Fsp3) is 0. The average molecular weight is 1110 g/mol. The molecule has 0 saturated heterocycles. The molecule has 17 rings (SSSR count). The van der Waals surface area contributed by atoms with Crippen molar-refractivity contribution in [1.29, 1.82) is 0 Å². The van der Waals surface area contributed by atoms with Gasteiger partial charge in [0, 0.05) is 59.9 Å². The van der Waals surface area contributed by atoms with E-state index < -0.39 is 341 Å². The Labute approximate surface area is 528 Å². The van der Waals surface area contributed by atoms with Crippen molar-refractivity contribution in [2.24, 2.45) is 0 Å². The van der Waals surface area contributed by atoms with Crippen LogP contribution in [-0.4, -0.2) is 36.7 Å². The molecule has 17 aromatic rings. The number of aromatic nitrogens is 6. The minimum Gasteiger partial charge on any atom is -0.456 e. The molecular formula is C75H48N6OSi. The van der Waals surface area contributed by atoms with Gasteiger partial charge in [0.05, 0.1) is 88.1 Å². The van der Waals surface area contributed by atoms with Gasteiger partial charge in [-0.1, -0.05) is 218 Å². The van der Waals surface area contributed by atoms with E-state index in [1.54, 1.807) is 36.4 Å². The number of benzene rings is 12. The number of rotatable bonds is 9. The monoisotopic (exact) mass is 1110 g/mol. The van der Waals surface area contributed by atoms with Crippen LogP contribution in [0.2, 0.25) is 0 Å². The molecule has 7 nitrogen and oxygen atoms in total. The highest BCUT2D eigenvalue weighted by molar-refractivity contribution is 7.20. The summed E-state index contributed by atoms with van der Waals surface area (Å²) in [5.41, 5.74) is -7.84. The van der Waals surface area contributed by atoms with Crippen LogP contribution in [0.1, 0.15) is 49.3 Å². The number of hydrogen-bond acceptors (Lipinski definition) is 4. The SMILES string of the molecule is [2H]c1c([2H])c([2H])c([Si](c2ccccc2)(c2ccc3oc4ccccc4c3c2)c2c([2H])c([2H])c([2H])c(-c3nc(-c4c([2H])c([2H])c([2H])c([2H])c4-n4c5c([2H])c([2H])c([2H])c([2H])c5c5c([2H])c([2H])c([2H])c([2H])c54)nc(-n4c5c([2H])c([2H])c([2H])c([2H])c5c5c([2H])c(-n6c7c([2H])c([2H])c([2H])c([2H])c7c7c([2H])c([2H])c([2H])c([2H])c76)c([2H])c([2H])c54)n3)c2[2H])c([2H])c1[2H]. The Hall–Kier alpha value is -10.9. The Morgan fingerprint density at radius 2 is 0.880 bits per heavy atom. The Morgan fingerprint density at radius 1 is 0.337 bits per heavy atom. The number of furan rings is 1. The summed E-state index contributed by atoms with van der Waals surface area (Å²) in [6, 6.07) is -17.0. The van der Waals surface area contributed by atoms with Crippen LogP contribution in [0.5, 0.6) is 0 Å². The second kappa shape index (κ2) is 18.6. The molecule has 0 saturated carbocycles. The van der Waals surface area contributed by atoms with Gasteiger partial charge >= 0.3 is 0 Å².